The molecular formula is C15H23NO4S. The molecule has 0 saturated heterocycles. The van der Waals surface area contributed by atoms with Gasteiger partial charge in [-0.2, -0.15) is 0 Å². The third-order valence-electron chi connectivity index (χ3n) is 2.86. The van der Waals surface area contributed by atoms with Crippen LogP contribution in [0.25, 0.3) is 0 Å². The van der Waals surface area contributed by atoms with E-state index in [9.17, 15) is 13.2 Å². The molecule has 0 spiro atoms. The highest BCUT2D eigenvalue weighted by molar-refractivity contribution is 7.91. The minimum absolute atomic E-state index is 0.0284. The Morgan fingerprint density at radius 1 is 1.29 bits per heavy atom. The van der Waals surface area contributed by atoms with E-state index in [0.29, 0.717) is 5.75 Å². The van der Waals surface area contributed by atoms with Crippen LogP contribution in [0.2, 0.25) is 0 Å². The fourth-order valence-corrected chi connectivity index (χ4v) is 2.45. The van der Waals surface area contributed by atoms with Crippen LogP contribution >= 0.6 is 0 Å². The van der Waals surface area contributed by atoms with Gasteiger partial charge in [0.05, 0.1) is 18.3 Å². The predicted molar refractivity (Wildman–Crippen MR) is 83.2 cm³/mol. The summed E-state index contributed by atoms with van der Waals surface area (Å²) in [5.74, 6) is 0.540. The molecule has 1 aromatic rings. The van der Waals surface area contributed by atoms with Crippen LogP contribution in [0.1, 0.15) is 26.3 Å². The monoisotopic (exact) mass is 313 g/mol. The molecule has 0 heterocycles. The Labute approximate surface area is 126 Å². The molecule has 0 fully saturated rings. The average molecular weight is 313 g/mol. The molecule has 0 aliphatic heterocycles. The number of ether oxygens (including phenoxy) is 1. The van der Waals surface area contributed by atoms with Gasteiger partial charge in [0.15, 0.2) is 9.84 Å². The zero-order chi connectivity index (χ0) is 15.9. The van der Waals surface area contributed by atoms with Gasteiger partial charge in [-0.1, -0.05) is 25.1 Å². The normalized spacial score (nSPS) is 11.4. The number of hydrogen-bond donors (Lipinski definition) is 1. The van der Waals surface area contributed by atoms with Gasteiger partial charge in [0.1, 0.15) is 5.75 Å². The molecule has 1 amide bonds. The van der Waals surface area contributed by atoms with Crippen LogP contribution < -0.4 is 10.1 Å². The maximum Gasteiger partial charge on any atom is 0.224 e. The Kier molecular flexibility index (Phi) is 6.68. The standard InChI is InChI=1S/C15H23NO4S/c1-4-21(18,19)10-9-16-15(17)11-13-7-5-6-8-14(13)20-12(2)3/h5-8,12H,4,9-11H2,1-3H3,(H,16,17). The van der Waals surface area contributed by atoms with Crippen LogP contribution in [0.15, 0.2) is 24.3 Å². The quantitative estimate of drug-likeness (QED) is 0.790. The number of amides is 1. The molecule has 0 saturated carbocycles. The third-order valence-corrected chi connectivity index (χ3v) is 4.57. The molecule has 1 rings (SSSR count). The van der Waals surface area contributed by atoms with Gasteiger partial charge in [0.2, 0.25) is 5.91 Å². The van der Waals surface area contributed by atoms with Gasteiger partial charge in [0.25, 0.3) is 0 Å². The van der Waals surface area contributed by atoms with E-state index >= 15 is 0 Å². The first-order chi connectivity index (χ1) is 9.84. The molecule has 0 atom stereocenters. The van der Waals surface area contributed by atoms with Crippen molar-refractivity contribution in [3.05, 3.63) is 29.8 Å². The van der Waals surface area contributed by atoms with Crippen molar-refractivity contribution in [2.24, 2.45) is 0 Å². The average Bonchev–Trinajstić information content (AvgIpc) is 2.40. The smallest absolute Gasteiger partial charge is 0.224 e. The van der Waals surface area contributed by atoms with E-state index in [2.05, 4.69) is 5.32 Å². The lowest BCUT2D eigenvalue weighted by Gasteiger charge is -2.14. The fraction of sp³-hybridized carbons (Fsp3) is 0.533. The summed E-state index contributed by atoms with van der Waals surface area (Å²) in [6.07, 6.45) is 0.207. The van der Waals surface area contributed by atoms with Crippen molar-refractivity contribution in [1.29, 1.82) is 0 Å². The number of hydrogen-bond acceptors (Lipinski definition) is 4. The topological polar surface area (TPSA) is 72.5 Å². The van der Waals surface area contributed by atoms with Crippen molar-refractivity contribution in [2.45, 2.75) is 33.3 Å². The maximum atomic E-state index is 11.9. The van der Waals surface area contributed by atoms with Crippen molar-refractivity contribution < 1.29 is 17.9 Å². The molecule has 21 heavy (non-hydrogen) atoms. The van der Waals surface area contributed by atoms with Crippen LogP contribution in [0, 0.1) is 0 Å². The lowest BCUT2D eigenvalue weighted by atomic mass is 10.1. The summed E-state index contributed by atoms with van der Waals surface area (Å²) >= 11 is 0. The van der Waals surface area contributed by atoms with Gasteiger partial charge in [-0.05, 0) is 19.9 Å². The van der Waals surface area contributed by atoms with Gasteiger partial charge in [-0.15, -0.1) is 0 Å². The first kappa shape index (κ1) is 17.5. The SMILES string of the molecule is CCS(=O)(=O)CCNC(=O)Cc1ccccc1OC(C)C. The molecule has 1 aromatic carbocycles. The van der Waals surface area contributed by atoms with Crippen LogP contribution in [0.5, 0.6) is 5.75 Å². The van der Waals surface area contributed by atoms with E-state index in [4.69, 9.17) is 4.74 Å². The highest BCUT2D eigenvalue weighted by Gasteiger charge is 2.11. The summed E-state index contributed by atoms with van der Waals surface area (Å²) in [5.41, 5.74) is 0.794. The predicted octanol–water partition coefficient (Wildman–Crippen LogP) is 1.57. The Morgan fingerprint density at radius 3 is 2.57 bits per heavy atom. The van der Waals surface area contributed by atoms with E-state index < -0.39 is 9.84 Å². The molecule has 0 aliphatic rings. The Morgan fingerprint density at radius 2 is 1.95 bits per heavy atom. The molecule has 0 radical (unpaired) electrons. The largest absolute Gasteiger partial charge is 0.491 e. The van der Waals surface area contributed by atoms with E-state index in [1.807, 2.05) is 38.1 Å². The minimum Gasteiger partial charge on any atom is -0.491 e. The van der Waals surface area contributed by atoms with Crippen molar-refractivity contribution in [3.63, 3.8) is 0 Å². The van der Waals surface area contributed by atoms with E-state index in [-0.39, 0.29) is 36.5 Å². The van der Waals surface area contributed by atoms with Gasteiger partial charge < -0.3 is 10.1 Å². The second kappa shape index (κ2) is 8.02. The number of carbonyl (C=O) groups excluding carboxylic acids is 1. The highest BCUT2D eigenvalue weighted by atomic mass is 32.2. The summed E-state index contributed by atoms with van der Waals surface area (Å²) in [7, 11) is -3.05. The highest BCUT2D eigenvalue weighted by Crippen LogP contribution is 2.19. The van der Waals surface area contributed by atoms with Gasteiger partial charge in [0, 0.05) is 17.9 Å². The van der Waals surface area contributed by atoms with Crippen molar-refractivity contribution in [3.8, 4) is 5.75 Å². The van der Waals surface area contributed by atoms with Crippen LogP contribution in [-0.4, -0.2) is 38.5 Å². The van der Waals surface area contributed by atoms with Crippen molar-refractivity contribution in [2.75, 3.05) is 18.1 Å². The van der Waals surface area contributed by atoms with Crippen LogP contribution in [0.4, 0.5) is 0 Å². The van der Waals surface area contributed by atoms with Crippen LogP contribution in [0.3, 0.4) is 0 Å². The van der Waals surface area contributed by atoms with Gasteiger partial charge in [-0.3, -0.25) is 4.79 Å². The van der Waals surface area contributed by atoms with E-state index in [0.717, 1.165) is 5.56 Å². The zero-order valence-electron chi connectivity index (χ0n) is 12.8. The number of benzene rings is 1. The maximum absolute atomic E-state index is 11.9. The number of para-hydroxylation sites is 1. The van der Waals surface area contributed by atoms with E-state index in [1.54, 1.807) is 6.92 Å². The Balaban J connectivity index is 2.55. The molecule has 0 bridgehead atoms. The molecule has 0 aliphatic carbocycles. The van der Waals surface area contributed by atoms with Crippen molar-refractivity contribution >= 4 is 15.7 Å². The molecule has 1 N–H and O–H groups in total. The second-order valence-corrected chi connectivity index (χ2v) is 7.51. The molecule has 6 heteroatoms. The second-order valence-electron chi connectivity index (χ2n) is 5.04. The number of nitrogens with one attached hydrogen (secondary N) is 1. The lowest BCUT2D eigenvalue weighted by Crippen LogP contribution is -2.30. The van der Waals surface area contributed by atoms with Gasteiger partial charge >= 0.3 is 0 Å². The summed E-state index contributed by atoms with van der Waals surface area (Å²) in [6, 6.07) is 7.36. The zero-order valence-corrected chi connectivity index (χ0v) is 13.6. The molecule has 5 nitrogen and oxygen atoms in total. The summed E-state index contributed by atoms with van der Waals surface area (Å²) in [6.45, 7) is 5.58. The molecule has 118 valence electrons. The Bertz CT molecular complexity index is 567. The first-order valence-electron chi connectivity index (χ1n) is 7.05. The van der Waals surface area contributed by atoms with Crippen molar-refractivity contribution in [1.82, 2.24) is 5.32 Å². The molecule has 0 unspecified atom stereocenters. The number of carbonyl (C=O) groups is 1. The summed E-state index contributed by atoms with van der Waals surface area (Å²) < 4.78 is 28.3. The van der Waals surface area contributed by atoms with Crippen LogP contribution in [-0.2, 0) is 21.1 Å². The summed E-state index contributed by atoms with van der Waals surface area (Å²) in [5, 5.41) is 2.63. The number of sulfone groups is 1. The Hall–Kier alpha value is -1.56. The lowest BCUT2D eigenvalue weighted by molar-refractivity contribution is -0.120. The molecular weight excluding hydrogens is 290 g/mol. The summed E-state index contributed by atoms with van der Waals surface area (Å²) in [4.78, 5) is 11.9. The fourth-order valence-electron chi connectivity index (χ4n) is 1.74. The molecule has 0 aromatic heterocycles. The first-order valence-corrected chi connectivity index (χ1v) is 8.88. The van der Waals surface area contributed by atoms with Gasteiger partial charge in [-0.25, -0.2) is 8.42 Å². The van der Waals surface area contributed by atoms with E-state index in [1.165, 1.54) is 0 Å². The number of rotatable bonds is 8. The minimum atomic E-state index is -3.05. The third kappa shape index (κ3) is 6.62.